The second kappa shape index (κ2) is 6.94. The Morgan fingerprint density at radius 1 is 1.19 bits per heavy atom. The Kier molecular flexibility index (Phi) is 5.26. The molecule has 1 aliphatic heterocycles. The standard InChI is InChI=1S/C15H13ClF3N3O4/c1-7(2)22-13(25)12(24)21(14(22)26)6-11(23)20-10-5-8(15(17,18)19)3-4-9(10)16/h3-5,7H,6H2,1-2H3,(H,20,23). The number of alkyl halides is 3. The molecule has 1 N–H and O–H groups in total. The highest BCUT2D eigenvalue weighted by atomic mass is 35.5. The molecule has 1 aliphatic rings. The van der Waals surface area contributed by atoms with Gasteiger partial charge in [0.15, 0.2) is 0 Å². The number of urea groups is 1. The van der Waals surface area contributed by atoms with Gasteiger partial charge in [0.25, 0.3) is 0 Å². The van der Waals surface area contributed by atoms with E-state index in [2.05, 4.69) is 5.32 Å². The minimum Gasteiger partial charge on any atom is -0.323 e. The zero-order chi connectivity index (χ0) is 19.8. The first-order valence-corrected chi connectivity index (χ1v) is 7.67. The third kappa shape index (κ3) is 3.79. The first kappa shape index (κ1) is 19.7. The molecular formula is C15H13ClF3N3O4. The summed E-state index contributed by atoms with van der Waals surface area (Å²) in [6.45, 7) is 2.18. The summed E-state index contributed by atoms with van der Waals surface area (Å²) in [5.41, 5.74) is -1.37. The molecule has 140 valence electrons. The first-order valence-electron chi connectivity index (χ1n) is 7.29. The van der Waals surface area contributed by atoms with Crippen LogP contribution in [0.25, 0.3) is 0 Å². The van der Waals surface area contributed by atoms with Crippen LogP contribution in [0.15, 0.2) is 18.2 Å². The van der Waals surface area contributed by atoms with Crippen molar-refractivity contribution < 1.29 is 32.3 Å². The lowest BCUT2D eigenvalue weighted by Crippen LogP contribution is -2.40. The van der Waals surface area contributed by atoms with Gasteiger partial charge in [-0.25, -0.2) is 9.69 Å². The topological polar surface area (TPSA) is 86.8 Å². The fraction of sp³-hybridized carbons (Fsp3) is 0.333. The molecule has 0 atom stereocenters. The molecule has 0 saturated carbocycles. The maximum Gasteiger partial charge on any atom is 0.416 e. The summed E-state index contributed by atoms with van der Waals surface area (Å²) in [6.07, 6.45) is -4.64. The van der Waals surface area contributed by atoms with Crippen LogP contribution in [0.1, 0.15) is 19.4 Å². The van der Waals surface area contributed by atoms with Crippen molar-refractivity contribution in [1.82, 2.24) is 9.80 Å². The van der Waals surface area contributed by atoms with Crippen LogP contribution in [0.3, 0.4) is 0 Å². The summed E-state index contributed by atoms with van der Waals surface area (Å²) in [5, 5.41) is 1.94. The molecule has 0 spiro atoms. The molecule has 7 nitrogen and oxygen atoms in total. The summed E-state index contributed by atoms with van der Waals surface area (Å²) in [6, 6.07) is 0.755. The smallest absolute Gasteiger partial charge is 0.323 e. The first-order chi connectivity index (χ1) is 11.9. The van der Waals surface area contributed by atoms with Gasteiger partial charge < -0.3 is 5.32 Å². The van der Waals surface area contributed by atoms with E-state index in [0.717, 1.165) is 12.1 Å². The number of rotatable bonds is 4. The number of amides is 5. The summed E-state index contributed by atoms with van der Waals surface area (Å²) in [4.78, 5) is 48.8. The van der Waals surface area contributed by atoms with E-state index in [-0.39, 0.29) is 10.7 Å². The second-order valence-corrected chi connectivity index (χ2v) is 6.09. The van der Waals surface area contributed by atoms with Gasteiger partial charge in [-0.15, -0.1) is 0 Å². The number of hydrogen-bond acceptors (Lipinski definition) is 4. The lowest BCUT2D eigenvalue weighted by molar-refractivity contribution is -0.144. The largest absolute Gasteiger partial charge is 0.416 e. The van der Waals surface area contributed by atoms with Crippen molar-refractivity contribution >= 4 is 41.0 Å². The van der Waals surface area contributed by atoms with Gasteiger partial charge in [-0.1, -0.05) is 11.6 Å². The van der Waals surface area contributed by atoms with Crippen LogP contribution >= 0.6 is 11.6 Å². The van der Waals surface area contributed by atoms with Gasteiger partial charge in [0.2, 0.25) is 5.91 Å². The van der Waals surface area contributed by atoms with Gasteiger partial charge in [-0.2, -0.15) is 13.2 Å². The van der Waals surface area contributed by atoms with E-state index >= 15 is 0 Å². The maximum atomic E-state index is 12.7. The minimum absolute atomic E-state index is 0.162. The molecule has 1 fully saturated rings. The van der Waals surface area contributed by atoms with Crippen molar-refractivity contribution in [3.63, 3.8) is 0 Å². The van der Waals surface area contributed by atoms with Crippen molar-refractivity contribution in [3.8, 4) is 0 Å². The molecule has 11 heteroatoms. The zero-order valence-electron chi connectivity index (χ0n) is 13.6. The molecule has 1 aromatic rings. The Labute approximate surface area is 150 Å². The van der Waals surface area contributed by atoms with Crippen LogP contribution in [-0.4, -0.2) is 46.1 Å². The number of carbonyl (C=O) groups excluding carboxylic acids is 4. The Morgan fingerprint density at radius 2 is 1.81 bits per heavy atom. The van der Waals surface area contributed by atoms with Crippen molar-refractivity contribution in [3.05, 3.63) is 28.8 Å². The fourth-order valence-electron chi connectivity index (χ4n) is 2.25. The van der Waals surface area contributed by atoms with E-state index in [1.807, 2.05) is 0 Å². The lowest BCUT2D eigenvalue weighted by atomic mass is 10.2. The molecule has 26 heavy (non-hydrogen) atoms. The van der Waals surface area contributed by atoms with Crippen LogP contribution in [0, 0.1) is 0 Å². The highest BCUT2D eigenvalue weighted by molar-refractivity contribution is 6.45. The average molecular weight is 392 g/mol. The highest BCUT2D eigenvalue weighted by Gasteiger charge is 2.46. The SMILES string of the molecule is CC(C)N1C(=O)C(=O)N(CC(=O)Nc2cc(C(F)(F)F)ccc2Cl)C1=O. The summed E-state index contributed by atoms with van der Waals surface area (Å²) >= 11 is 5.76. The molecule has 0 unspecified atom stereocenters. The number of carbonyl (C=O) groups is 4. The Balaban J connectivity index is 2.16. The number of nitrogens with zero attached hydrogens (tertiary/aromatic N) is 2. The molecule has 1 heterocycles. The molecule has 0 radical (unpaired) electrons. The Hall–Kier alpha value is -2.62. The molecule has 0 aliphatic carbocycles. The van der Waals surface area contributed by atoms with E-state index in [9.17, 15) is 32.3 Å². The van der Waals surface area contributed by atoms with Crippen molar-refractivity contribution in [1.29, 1.82) is 0 Å². The number of anilines is 1. The Bertz CT molecular complexity index is 795. The molecular weight excluding hydrogens is 379 g/mol. The van der Waals surface area contributed by atoms with Crippen molar-refractivity contribution in [2.24, 2.45) is 0 Å². The van der Waals surface area contributed by atoms with Crippen LogP contribution in [-0.2, 0) is 20.6 Å². The van der Waals surface area contributed by atoms with Crippen LogP contribution in [0.2, 0.25) is 5.02 Å². The van der Waals surface area contributed by atoms with Gasteiger partial charge in [0.1, 0.15) is 6.54 Å². The molecule has 5 amide bonds. The predicted molar refractivity (Wildman–Crippen MR) is 84.2 cm³/mol. The van der Waals surface area contributed by atoms with Gasteiger partial charge in [-0.05, 0) is 32.0 Å². The van der Waals surface area contributed by atoms with Crippen molar-refractivity contribution in [2.75, 3.05) is 11.9 Å². The van der Waals surface area contributed by atoms with E-state index in [1.165, 1.54) is 13.8 Å². The third-order valence-corrected chi connectivity index (χ3v) is 3.80. The van der Waals surface area contributed by atoms with Crippen LogP contribution < -0.4 is 5.32 Å². The quantitative estimate of drug-likeness (QED) is 0.631. The Morgan fingerprint density at radius 3 is 2.31 bits per heavy atom. The average Bonchev–Trinajstić information content (AvgIpc) is 2.72. The molecule has 1 saturated heterocycles. The maximum absolute atomic E-state index is 12.7. The molecule has 0 aromatic heterocycles. The second-order valence-electron chi connectivity index (χ2n) is 5.68. The van der Waals surface area contributed by atoms with E-state index < -0.39 is 48.1 Å². The summed E-state index contributed by atoms with van der Waals surface area (Å²) < 4.78 is 38.2. The monoisotopic (exact) mass is 391 g/mol. The van der Waals surface area contributed by atoms with E-state index in [0.29, 0.717) is 15.9 Å². The third-order valence-electron chi connectivity index (χ3n) is 3.47. The summed E-state index contributed by atoms with van der Waals surface area (Å²) in [7, 11) is 0. The van der Waals surface area contributed by atoms with E-state index in [4.69, 9.17) is 11.6 Å². The van der Waals surface area contributed by atoms with E-state index in [1.54, 1.807) is 0 Å². The number of benzene rings is 1. The van der Waals surface area contributed by atoms with Gasteiger partial charge in [0, 0.05) is 6.04 Å². The van der Waals surface area contributed by atoms with Gasteiger partial charge in [-0.3, -0.25) is 19.3 Å². The normalized spacial score (nSPS) is 15.3. The van der Waals surface area contributed by atoms with Gasteiger partial charge in [0.05, 0.1) is 16.3 Å². The minimum atomic E-state index is -4.64. The van der Waals surface area contributed by atoms with Crippen LogP contribution in [0.4, 0.5) is 23.7 Å². The number of halogens is 4. The van der Waals surface area contributed by atoms with Crippen LogP contribution in [0.5, 0.6) is 0 Å². The molecule has 2 rings (SSSR count). The van der Waals surface area contributed by atoms with Crippen molar-refractivity contribution in [2.45, 2.75) is 26.1 Å². The predicted octanol–water partition coefficient (Wildman–Crippen LogP) is 2.50. The fourth-order valence-corrected chi connectivity index (χ4v) is 2.41. The lowest BCUT2D eigenvalue weighted by Gasteiger charge is -2.18. The summed E-state index contributed by atoms with van der Waals surface area (Å²) in [5.74, 6) is -3.24. The number of imide groups is 2. The number of nitrogens with one attached hydrogen (secondary N) is 1. The molecule has 1 aromatic carbocycles. The number of hydrogen-bond donors (Lipinski definition) is 1. The molecule has 0 bridgehead atoms. The highest BCUT2D eigenvalue weighted by Crippen LogP contribution is 2.33. The zero-order valence-corrected chi connectivity index (χ0v) is 14.3. The van der Waals surface area contributed by atoms with Gasteiger partial charge >= 0.3 is 24.0 Å².